The van der Waals surface area contributed by atoms with Crippen molar-refractivity contribution in [2.45, 2.75) is 30.5 Å². The van der Waals surface area contributed by atoms with Crippen LogP contribution in [0.15, 0.2) is 133 Å². The first-order chi connectivity index (χ1) is 33.1. The van der Waals surface area contributed by atoms with Crippen LogP contribution in [0.3, 0.4) is 0 Å². The zero-order chi connectivity index (χ0) is 51.6. The number of aromatic nitrogens is 4. The number of benzene rings is 6. The lowest BCUT2D eigenvalue weighted by Gasteiger charge is -2.21. The van der Waals surface area contributed by atoms with Gasteiger partial charge in [0.1, 0.15) is 0 Å². The molecule has 0 radical (unpaired) electrons. The summed E-state index contributed by atoms with van der Waals surface area (Å²) in [6.45, 7) is 3.46. The third-order valence-corrected chi connectivity index (χ3v) is 12.7. The van der Waals surface area contributed by atoms with E-state index in [1.54, 1.807) is 56.3 Å². The Morgan fingerprint density at radius 2 is 0.930 bits per heavy atom. The molecule has 2 heterocycles. The largest absolute Gasteiger partial charge is 0.516 e. The van der Waals surface area contributed by atoms with Crippen molar-refractivity contribution >= 4 is 69.2 Å². The molecule has 8 aromatic rings. The van der Waals surface area contributed by atoms with Crippen molar-refractivity contribution in [3.05, 3.63) is 162 Å². The number of sulfonamides is 3. The molecule has 0 amide bonds. The van der Waals surface area contributed by atoms with Crippen LogP contribution in [-0.2, 0) is 35.7 Å². The first kappa shape index (κ1) is 51.0. The molecule has 0 aliphatic rings. The Bertz CT molecular complexity index is 3770. The minimum Gasteiger partial charge on any atom is -0.386 e. The molecule has 6 aromatic carbocycles. The SMILES string of the molecule is CC(C)(O)c1ccccc1-c1ccc2nc(C#Cc3ccc(NS(=O)(=O)C(F)(F)F)cc3)[nH]c2c1.CS(=O)(=O)Nc1ccccc1-c1ccc2nc(C#Cc3ccc(NS(=O)(=O)C(F)(F)F)cc3)[nH]c2c1. The fraction of sp³-hybridized carbons (Fsp3) is 0.125. The average molecular weight is 1030 g/mol. The third kappa shape index (κ3) is 12.7. The maximum absolute atomic E-state index is 12.5. The Morgan fingerprint density at radius 3 is 1.35 bits per heavy atom. The van der Waals surface area contributed by atoms with Crippen molar-refractivity contribution in [1.82, 2.24) is 19.9 Å². The molecule has 0 spiro atoms. The van der Waals surface area contributed by atoms with E-state index in [2.05, 4.69) is 48.3 Å². The Kier molecular flexibility index (Phi) is 14.0. The highest BCUT2D eigenvalue weighted by molar-refractivity contribution is 7.93. The lowest BCUT2D eigenvalue weighted by Crippen LogP contribution is -2.29. The molecule has 0 fully saturated rings. The lowest BCUT2D eigenvalue weighted by atomic mass is 9.89. The molecule has 0 atom stereocenters. The smallest absolute Gasteiger partial charge is 0.386 e. The minimum atomic E-state index is -5.50. The van der Waals surface area contributed by atoms with Gasteiger partial charge in [0.15, 0.2) is 11.6 Å². The van der Waals surface area contributed by atoms with Gasteiger partial charge in [0.2, 0.25) is 10.0 Å². The zero-order valence-electron chi connectivity index (χ0n) is 37.0. The number of rotatable bonds is 9. The van der Waals surface area contributed by atoms with E-state index in [0.717, 1.165) is 34.0 Å². The molecule has 0 aliphatic carbocycles. The number of hydrogen-bond donors (Lipinski definition) is 6. The molecule has 0 saturated carbocycles. The van der Waals surface area contributed by atoms with E-state index in [1.165, 1.54) is 58.0 Å². The van der Waals surface area contributed by atoms with Crippen molar-refractivity contribution in [2.75, 3.05) is 20.4 Å². The molecule has 2 aromatic heterocycles. The molecule has 0 saturated heterocycles. The van der Waals surface area contributed by atoms with Crippen molar-refractivity contribution in [1.29, 1.82) is 0 Å². The first-order valence-electron chi connectivity index (χ1n) is 20.5. The number of hydrogen-bond acceptors (Lipinski definition) is 9. The number of aromatic amines is 2. The number of aliphatic hydroxyl groups is 1. The predicted octanol–water partition coefficient (Wildman–Crippen LogP) is 9.38. The van der Waals surface area contributed by atoms with Crippen LogP contribution in [0.1, 0.15) is 42.2 Å². The Balaban J connectivity index is 0.000000209. The summed E-state index contributed by atoms with van der Waals surface area (Å²) in [6, 6.07) is 35.8. The van der Waals surface area contributed by atoms with Crippen molar-refractivity contribution < 1.29 is 56.7 Å². The van der Waals surface area contributed by atoms with E-state index in [-0.39, 0.29) is 11.4 Å². The van der Waals surface area contributed by atoms with Gasteiger partial charge in [-0.2, -0.15) is 43.2 Å². The summed E-state index contributed by atoms with van der Waals surface area (Å²) in [5.74, 6) is 12.0. The first-order valence-corrected chi connectivity index (χ1v) is 25.3. The molecule has 0 aliphatic heterocycles. The second-order valence-electron chi connectivity index (χ2n) is 15.9. The van der Waals surface area contributed by atoms with Gasteiger partial charge in [-0.1, -0.05) is 66.4 Å². The van der Waals surface area contributed by atoms with Gasteiger partial charge in [0.05, 0.1) is 39.6 Å². The fourth-order valence-corrected chi connectivity index (χ4v) is 8.40. The highest BCUT2D eigenvalue weighted by Gasteiger charge is 2.46. The second kappa shape index (κ2) is 19.5. The molecule has 366 valence electrons. The van der Waals surface area contributed by atoms with Gasteiger partial charge >= 0.3 is 31.1 Å². The number of anilines is 3. The highest BCUT2D eigenvalue weighted by atomic mass is 32.2. The molecule has 0 bridgehead atoms. The van der Waals surface area contributed by atoms with Crippen molar-refractivity contribution in [3.8, 4) is 45.9 Å². The number of imidazole rings is 2. The summed E-state index contributed by atoms with van der Waals surface area (Å²) in [6.07, 6.45) is 1.07. The summed E-state index contributed by atoms with van der Waals surface area (Å²) in [7, 11) is -14.5. The quantitative estimate of drug-likeness (QED) is 0.0599. The van der Waals surface area contributed by atoms with Crippen LogP contribution in [0.2, 0.25) is 0 Å². The van der Waals surface area contributed by atoms with Gasteiger partial charge in [0, 0.05) is 28.1 Å². The van der Waals surface area contributed by atoms with E-state index in [9.17, 15) is 56.7 Å². The number of halogens is 6. The number of para-hydroxylation sites is 1. The monoisotopic (exact) mass is 1030 g/mol. The number of nitrogens with zero attached hydrogens (tertiary/aromatic N) is 2. The van der Waals surface area contributed by atoms with E-state index in [0.29, 0.717) is 50.6 Å². The molecule has 71 heavy (non-hydrogen) atoms. The van der Waals surface area contributed by atoms with Gasteiger partial charge in [-0.15, -0.1) is 0 Å². The lowest BCUT2D eigenvalue weighted by molar-refractivity contribution is -0.0435. The molecule has 23 heteroatoms. The maximum atomic E-state index is 12.5. The number of alkyl halides is 6. The van der Waals surface area contributed by atoms with Crippen LogP contribution >= 0.6 is 0 Å². The molecule has 14 nitrogen and oxygen atoms in total. The van der Waals surface area contributed by atoms with Crippen LogP contribution < -0.4 is 14.2 Å². The highest BCUT2D eigenvalue weighted by Crippen LogP contribution is 2.34. The van der Waals surface area contributed by atoms with Crippen LogP contribution in [0.4, 0.5) is 43.4 Å². The van der Waals surface area contributed by atoms with E-state index >= 15 is 0 Å². The summed E-state index contributed by atoms with van der Waals surface area (Å²) < 4.78 is 149. The van der Waals surface area contributed by atoms with Gasteiger partial charge in [-0.25, -0.2) is 18.4 Å². The summed E-state index contributed by atoms with van der Waals surface area (Å²) >= 11 is 0. The van der Waals surface area contributed by atoms with Gasteiger partial charge in [-0.05, 0) is 127 Å². The van der Waals surface area contributed by atoms with Crippen LogP contribution in [0.25, 0.3) is 44.3 Å². The molecular weight excluding hydrogens is 997 g/mol. The van der Waals surface area contributed by atoms with Crippen molar-refractivity contribution in [3.63, 3.8) is 0 Å². The fourth-order valence-electron chi connectivity index (χ4n) is 6.70. The summed E-state index contributed by atoms with van der Waals surface area (Å²) in [5, 5.41) is 10.5. The van der Waals surface area contributed by atoms with E-state index in [4.69, 9.17) is 0 Å². The standard InChI is InChI=1S/C25H20F3N3O3S.C23H17F3N4O4S2/c1-24(2,32)20-6-4-3-5-19(20)17-10-13-21-22(15-17)30-23(29-21)14-9-16-7-11-18(12-8-16)31-35(33,34)25(26,27)28;1-35(31,32)30-19-5-3-2-4-18(19)16-9-12-20-21(14-16)28-22(27-20)13-8-15-6-10-17(11-7-15)29-36(33,34)23(24,25)26/h3-8,10-13,15,31-32H,1-2H3,(H,29,30);2-7,9-12,14,29-30H,1H3,(H,27,28). The Morgan fingerprint density at radius 1 is 0.521 bits per heavy atom. The molecule has 6 N–H and O–H groups in total. The number of fused-ring (bicyclic) bond motifs is 2. The molecule has 8 rings (SSSR count). The van der Waals surface area contributed by atoms with Crippen LogP contribution in [-0.4, -0.2) is 67.6 Å². The summed E-state index contributed by atoms with van der Waals surface area (Å²) in [5.41, 5.74) is -4.29. The van der Waals surface area contributed by atoms with Gasteiger partial charge < -0.3 is 15.1 Å². The Hall–Kier alpha value is -7.83. The Labute approximate surface area is 402 Å². The molecule has 0 unspecified atom stereocenters. The number of nitrogens with one attached hydrogen (secondary N) is 5. The van der Waals surface area contributed by atoms with Gasteiger partial charge in [-0.3, -0.25) is 14.2 Å². The summed E-state index contributed by atoms with van der Waals surface area (Å²) in [4.78, 5) is 15.0. The van der Waals surface area contributed by atoms with Gasteiger partial charge in [0.25, 0.3) is 0 Å². The van der Waals surface area contributed by atoms with Crippen molar-refractivity contribution in [2.24, 2.45) is 0 Å². The van der Waals surface area contributed by atoms with Crippen LogP contribution in [0, 0.1) is 23.7 Å². The second-order valence-corrected chi connectivity index (χ2v) is 21.0. The zero-order valence-corrected chi connectivity index (χ0v) is 39.4. The predicted molar refractivity (Wildman–Crippen MR) is 259 cm³/mol. The maximum Gasteiger partial charge on any atom is 0.516 e. The molecular formula is C48H37F6N7O7S3. The normalized spacial score (nSPS) is 12.2. The van der Waals surface area contributed by atoms with E-state index in [1.807, 2.05) is 42.5 Å². The van der Waals surface area contributed by atoms with Crippen LogP contribution in [0.5, 0.6) is 0 Å². The minimum absolute atomic E-state index is 0.226. The number of H-pyrrole nitrogens is 2. The third-order valence-electron chi connectivity index (χ3n) is 9.93. The topological polar surface area (TPSA) is 216 Å². The van der Waals surface area contributed by atoms with E-state index < -0.39 is 46.7 Å². The average Bonchev–Trinajstić information content (AvgIpc) is 3.90.